The minimum absolute atomic E-state index is 0.267. The quantitative estimate of drug-likeness (QED) is 0.543. The number of nitrogens with zero attached hydrogens (tertiary/aromatic N) is 2. The Labute approximate surface area is 205 Å². The molecule has 1 heterocycles. The van der Waals surface area contributed by atoms with Crippen LogP contribution in [0.2, 0.25) is 0 Å². The van der Waals surface area contributed by atoms with Gasteiger partial charge in [0.1, 0.15) is 5.75 Å². The van der Waals surface area contributed by atoms with E-state index in [9.17, 15) is 13.2 Å². The third-order valence-electron chi connectivity index (χ3n) is 6.29. The van der Waals surface area contributed by atoms with Crippen molar-refractivity contribution in [3.05, 3.63) is 77.9 Å². The second-order valence-electron chi connectivity index (χ2n) is 8.58. The molecule has 4 rings (SSSR count). The highest BCUT2D eigenvalue weighted by Gasteiger charge is 2.33. The number of nitriles is 1. The largest absolute Gasteiger partial charge is 0.495 e. The van der Waals surface area contributed by atoms with Crippen LogP contribution in [0, 0.1) is 18.3 Å². The smallest absolute Gasteiger partial charge is 0.321 e. The molecule has 35 heavy (non-hydrogen) atoms. The van der Waals surface area contributed by atoms with Crippen LogP contribution in [0.4, 0.5) is 10.5 Å². The number of hydrogen-bond donors (Lipinski definition) is 1. The van der Waals surface area contributed by atoms with Gasteiger partial charge in [0.05, 0.1) is 34.6 Å². The molecule has 0 radical (unpaired) electrons. The van der Waals surface area contributed by atoms with E-state index in [4.69, 9.17) is 10.00 Å². The Morgan fingerprint density at radius 1 is 1.00 bits per heavy atom. The average Bonchev–Trinajstić information content (AvgIpc) is 2.89. The number of methoxy groups -OCH3 is 1. The fourth-order valence-corrected chi connectivity index (χ4v) is 5.98. The molecule has 0 aliphatic carbocycles. The summed E-state index contributed by atoms with van der Waals surface area (Å²) in [4.78, 5) is 14.7. The van der Waals surface area contributed by atoms with Gasteiger partial charge in [-0.25, -0.2) is 13.2 Å². The molecule has 0 unspecified atom stereocenters. The van der Waals surface area contributed by atoms with Crippen molar-refractivity contribution in [3.8, 4) is 22.9 Å². The van der Waals surface area contributed by atoms with Crippen molar-refractivity contribution in [2.75, 3.05) is 25.5 Å². The highest BCUT2D eigenvalue weighted by Crippen LogP contribution is 2.29. The van der Waals surface area contributed by atoms with Crippen molar-refractivity contribution in [2.24, 2.45) is 0 Å². The van der Waals surface area contributed by atoms with Crippen LogP contribution in [-0.2, 0) is 9.84 Å². The lowest BCUT2D eigenvalue weighted by Gasteiger charge is -2.32. The lowest BCUT2D eigenvalue weighted by molar-refractivity contribution is 0.200. The Kier molecular flexibility index (Phi) is 7.08. The molecule has 1 N–H and O–H groups in total. The number of urea groups is 1. The number of aryl methyl sites for hydroxylation is 1. The van der Waals surface area contributed by atoms with E-state index in [1.807, 2.05) is 31.2 Å². The van der Waals surface area contributed by atoms with Crippen LogP contribution in [0.15, 0.2) is 71.6 Å². The summed E-state index contributed by atoms with van der Waals surface area (Å²) in [5.74, 6) is 0.575. The lowest BCUT2D eigenvalue weighted by Crippen LogP contribution is -2.44. The van der Waals surface area contributed by atoms with Crippen LogP contribution in [-0.4, -0.2) is 44.8 Å². The van der Waals surface area contributed by atoms with Gasteiger partial charge in [-0.05, 0) is 72.9 Å². The number of anilines is 1. The molecule has 180 valence electrons. The molecule has 8 heteroatoms. The van der Waals surface area contributed by atoms with E-state index in [-0.39, 0.29) is 10.9 Å². The van der Waals surface area contributed by atoms with Crippen LogP contribution in [0.5, 0.6) is 5.75 Å². The van der Waals surface area contributed by atoms with Crippen LogP contribution in [0.1, 0.15) is 24.0 Å². The molecular formula is C27H27N3O4S. The summed E-state index contributed by atoms with van der Waals surface area (Å²) in [6.07, 6.45) is 0.746. The normalized spacial score (nSPS) is 14.3. The van der Waals surface area contributed by atoms with E-state index in [0.717, 1.165) is 16.7 Å². The fourth-order valence-electron chi connectivity index (χ4n) is 4.25. The van der Waals surface area contributed by atoms with E-state index < -0.39 is 15.1 Å². The predicted molar refractivity (Wildman–Crippen MR) is 135 cm³/mol. The standard InChI is InChI=1S/C27H27N3O4S/c1-19-3-12-26(34-2)25(17-19)29-27(31)30-15-13-24(14-16-30)35(32,33)23-10-8-22(9-11-23)21-6-4-20(18-28)5-7-21/h3-12,17,24H,13-16H2,1-2H3,(H,29,31). The summed E-state index contributed by atoms with van der Waals surface area (Å²) in [6.45, 7) is 2.64. The molecular weight excluding hydrogens is 462 g/mol. The van der Waals surface area contributed by atoms with Crippen molar-refractivity contribution >= 4 is 21.6 Å². The molecule has 1 aliphatic heterocycles. The molecule has 0 aromatic heterocycles. The van der Waals surface area contributed by atoms with Gasteiger partial charge in [0.2, 0.25) is 0 Å². The second-order valence-corrected chi connectivity index (χ2v) is 10.8. The number of rotatable bonds is 5. The van der Waals surface area contributed by atoms with Gasteiger partial charge in [-0.3, -0.25) is 0 Å². The third-order valence-corrected chi connectivity index (χ3v) is 8.57. The number of likely N-dealkylation sites (tertiary alicyclic amines) is 1. The van der Waals surface area contributed by atoms with Crippen molar-refractivity contribution in [1.82, 2.24) is 4.90 Å². The van der Waals surface area contributed by atoms with Gasteiger partial charge >= 0.3 is 6.03 Å². The van der Waals surface area contributed by atoms with E-state index in [1.165, 1.54) is 0 Å². The number of ether oxygens (including phenoxy) is 1. The maximum atomic E-state index is 13.2. The molecule has 0 atom stereocenters. The first-order valence-corrected chi connectivity index (χ1v) is 12.9. The van der Waals surface area contributed by atoms with Gasteiger partial charge < -0.3 is 15.0 Å². The second kappa shape index (κ2) is 10.2. The van der Waals surface area contributed by atoms with Crippen LogP contribution < -0.4 is 10.1 Å². The van der Waals surface area contributed by atoms with Crippen LogP contribution in [0.25, 0.3) is 11.1 Å². The zero-order valence-corrected chi connectivity index (χ0v) is 20.5. The molecule has 0 bridgehead atoms. The summed E-state index contributed by atoms with van der Waals surface area (Å²) in [5.41, 5.74) is 3.96. The SMILES string of the molecule is COc1ccc(C)cc1NC(=O)N1CCC(S(=O)(=O)c2ccc(-c3ccc(C#N)cc3)cc2)CC1. The minimum Gasteiger partial charge on any atom is -0.495 e. The zero-order valence-electron chi connectivity index (χ0n) is 19.7. The van der Waals surface area contributed by atoms with Crippen molar-refractivity contribution in [2.45, 2.75) is 29.9 Å². The Bertz CT molecular complexity index is 1350. The molecule has 2 amide bonds. The molecule has 1 aliphatic rings. The highest BCUT2D eigenvalue weighted by atomic mass is 32.2. The number of hydrogen-bond acceptors (Lipinski definition) is 5. The third kappa shape index (κ3) is 5.31. The summed E-state index contributed by atoms with van der Waals surface area (Å²) >= 11 is 0. The molecule has 0 spiro atoms. The average molecular weight is 490 g/mol. The van der Waals surface area contributed by atoms with E-state index in [2.05, 4.69) is 11.4 Å². The molecule has 1 fully saturated rings. The van der Waals surface area contributed by atoms with Gasteiger partial charge in [0, 0.05) is 13.1 Å². The number of piperidine rings is 1. The molecule has 7 nitrogen and oxygen atoms in total. The van der Waals surface area contributed by atoms with Crippen molar-refractivity contribution in [1.29, 1.82) is 5.26 Å². The Morgan fingerprint density at radius 3 is 2.17 bits per heavy atom. The summed E-state index contributed by atoms with van der Waals surface area (Å²) in [7, 11) is -1.97. The number of carbonyl (C=O) groups is 1. The van der Waals surface area contributed by atoms with Crippen molar-refractivity contribution in [3.63, 3.8) is 0 Å². The fraction of sp³-hybridized carbons (Fsp3) is 0.259. The van der Waals surface area contributed by atoms with Gasteiger partial charge in [0.15, 0.2) is 9.84 Å². The monoisotopic (exact) mass is 489 g/mol. The number of amides is 2. The number of nitrogens with one attached hydrogen (secondary N) is 1. The van der Waals surface area contributed by atoms with Crippen LogP contribution in [0.3, 0.4) is 0 Å². The van der Waals surface area contributed by atoms with E-state index in [0.29, 0.717) is 42.9 Å². The van der Waals surface area contributed by atoms with Gasteiger partial charge in [-0.1, -0.05) is 30.3 Å². The van der Waals surface area contributed by atoms with Crippen LogP contribution >= 0.6 is 0 Å². The highest BCUT2D eigenvalue weighted by molar-refractivity contribution is 7.92. The minimum atomic E-state index is -3.52. The first-order valence-electron chi connectivity index (χ1n) is 11.4. The maximum absolute atomic E-state index is 13.2. The summed E-state index contributed by atoms with van der Waals surface area (Å²) in [6, 6.07) is 21.4. The summed E-state index contributed by atoms with van der Waals surface area (Å²) < 4.78 is 31.8. The molecule has 0 saturated carbocycles. The lowest BCUT2D eigenvalue weighted by atomic mass is 10.0. The molecule has 1 saturated heterocycles. The number of sulfone groups is 1. The summed E-state index contributed by atoms with van der Waals surface area (Å²) in [5, 5.41) is 11.3. The Morgan fingerprint density at radius 2 is 1.60 bits per heavy atom. The number of benzene rings is 3. The predicted octanol–water partition coefficient (Wildman–Crippen LogP) is 5.01. The maximum Gasteiger partial charge on any atom is 0.321 e. The van der Waals surface area contributed by atoms with Gasteiger partial charge in [-0.15, -0.1) is 0 Å². The van der Waals surface area contributed by atoms with Crippen molar-refractivity contribution < 1.29 is 17.9 Å². The van der Waals surface area contributed by atoms with Gasteiger partial charge in [0.25, 0.3) is 0 Å². The Hall–Kier alpha value is -3.83. The number of carbonyl (C=O) groups excluding carboxylic acids is 1. The molecule has 3 aromatic carbocycles. The topological polar surface area (TPSA) is 99.5 Å². The van der Waals surface area contributed by atoms with Gasteiger partial charge in [-0.2, -0.15) is 5.26 Å². The molecule has 3 aromatic rings. The first kappa shape index (κ1) is 24.3. The van der Waals surface area contributed by atoms with E-state index >= 15 is 0 Å². The zero-order chi connectivity index (χ0) is 25.0. The Balaban J connectivity index is 1.40. The van der Waals surface area contributed by atoms with E-state index in [1.54, 1.807) is 54.5 Å². The first-order chi connectivity index (χ1) is 16.8.